The number of para-hydroxylation sites is 1. The number of amides is 1. The van der Waals surface area contributed by atoms with Crippen molar-refractivity contribution in [1.82, 2.24) is 4.98 Å². The van der Waals surface area contributed by atoms with Crippen LogP contribution in [0.1, 0.15) is 30.5 Å². The lowest BCUT2D eigenvalue weighted by atomic mass is 9.95. The molecule has 1 N–H and O–H groups in total. The van der Waals surface area contributed by atoms with E-state index in [1.165, 1.54) is 23.1 Å². The van der Waals surface area contributed by atoms with Gasteiger partial charge in [-0.2, -0.15) is 0 Å². The molecule has 0 spiro atoms. The third-order valence-electron chi connectivity index (χ3n) is 6.72. The molecule has 4 aromatic carbocycles. The van der Waals surface area contributed by atoms with E-state index in [1.807, 2.05) is 37.3 Å². The number of aliphatic hydroxyl groups excluding tert-OH is 1. The summed E-state index contributed by atoms with van der Waals surface area (Å²) in [5.74, 6) is -0.882. The molecule has 2 heterocycles. The molecule has 1 unspecified atom stereocenters. The summed E-state index contributed by atoms with van der Waals surface area (Å²) < 4.78 is 26.2. The van der Waals surface area contributed by atoms with Gasteiger partial charge in [-0.3, -0.25) is 14.5 Å². The molecule has 5 aromatic rings. The number of hydrogen-bond acceptors (Lipinski definition) is 7. The Morgan fingerprint density at radius 1 is 0.929 bits per heavy atom. The van der Waals surface area contributed by atoms with Crippen molar-refractivity contribution >= 4 is 44.1 Å². The Balaban J connectivity index is 1.50. The van der Waals surface area contributed by atoms with Gasteiger partial charge >= 0.3 is 5.91 Å². The molecule has 42 heavy (non-hydrogen) atoms. The smallest absolute Gasteiger partial charge is 0.301 e. The lowest BCUT2D eigenvalue weighted by Crippen LogP contribution is -2.29. The molecule has 0 saturated carbocycles. The van der Waals surface area contributed by atoms with Crippen molar-refractivity contribution in [1.29, 1.82) is 0 Å². The van der Waals surface area contributed by atoms with Crippen LogP contribution >= 0.6 is 11.3 Å². The molecule has 1 aliphatic heterocycles. The maximum Gasteiger partial charge on any atom is 0.301 e. The van der Waals surface area contributed by atoms with Gasteiger partial charge in [0.15, 0.2) is 5.13 Å². The molecule has 1 fully saturated rings. The van der Waals surface area contributed by atoms with Gasteiger partial charge in [-0.05, 0) is 66.6 Å². The van der Waals surface area contributed by atoms with Crippen molar-refractivity contribution in [2.75, 3.05) is 11.5 Å². The summed E-state index contributed by atoms with van der Waals surface area (Å²) in [6.45, 7) is 2.47. The van der Waals surface area contributed by atoms with Crippen molar-refractivity contribution in [3.8, 4) is 17.2 Å². The number of carbonyl (C=O) groups excluding carboxylic acids is 2. The number of fused-ring (bicyclic) bond motifs is 1. The van der Waals surface area contributed by atoms with E-state index in [9.17, 15) is 19.1 Å². The molecule has 0 aliphatic carbocycles. The molecule has 1 atom stereocenters. The highest BCUT2D eigenvalue weighted by atomic mass is 32.1. The molecular formula is C33H25FN2O5S. The number of ether oxygens (including phenoxy) is 2. The fourth-order valence-electron chi connectivity index (χ4n) is 4.82. The quantitative estimate of drug-likeness (QED) is 0.115. The van der Waals surface area contributed by atoms with E-state index in [4.69, 9.17) is 9.47 Å². The third-order valence-corrected chi connectivity index (χ3v) is 7.74. The van der Waals surface area contributed by atoms with E-state index in [2.05, 4.69) is 4.98 Å². The number of rotatable bonds is 8. The summed E-state index contributed by atoms with van der Waals surface area (Å²) in [5.41, 5.74) is 1.23. The Morgan fingerprint density at radius 3 is 2.50 bits per heavy atom. The molecular weight excluding hydrogens is 555 g/mol. The standard InChI is InChI=1S/C33H25FN2O5S/c1-2-16-40-24-12-7-9-21(18-24)30(37)28-29(20-8-6-13-25(17-20)41-23-10-4-3-5-11-23)36(32(39)31(28)38)33-35-26-15-14-22(34)19-27(26)42-33/h3-15,17-19,29,37H,2,16H2,1H3. The fourth-order valence-corrected chi connectivity index (χ4v) is 5.83. The number of anilines is 1. The summed E-state index contributed by atoms with van der Waals surface area (Å²) in [5, 5.41) is 11.8. The van der Waals surface area contributed by atoms with Crippen LogP contribution in [0.15, 0.2) is 103 Å². The molecule has 6 rings (SSSR count). The predicted octanol–water partition coefficient (Wildman–Crippen LogP) is 7.64. The van der Waals surface area contributed by atoms with Gasteiger partial charge in [0, 0.05) is 5.56 Å². The minimum absolute atomic E-state index is 0.102. The molecule has 9 heteroatoms. The largest absolute Gasteiger partial charge is 0.507 e. The van der Waals surface area contributed by atoms with Gasteiger partial charge in [0.05, 0.1) is 28.4 Å². The Morgan fingerprint density at radius 2 is 1.69 bits per heavy atom. The molecule has 0 bridgehead atoms. The lowest BCUT2D eigenvalue weighted by molar-refractivity contribution is -0.132. The van der Waals surface area contributed by atoms with E-state index >= 15 is 0 Å². The first-order valence-electron chi connectivity index (χ1n) is 13.4. The number of hydrogen-bond donors (Lipinski definition) is 1. The highest BCUT2D eigenvalue weighted by Crippen LogP contribution is 2.45. The summed E-state index contributed by atoms with van der Waals surface area (Å²) in [6, 6.07) is 26.0. The molecule has 7 nitrogen and oxygen atoms in total. The first-order valence-corrected chi connectivity index (χ1v) is 14.2. The van der Waals surface area contributed by atoms with Crippen LogP contribution < -0.4 is 14.4 Å². The third kappa shape index (κ3) is 5.22. The summed E-state index contributed by atoms with van der Waals surface area (Å²) in [7, 11) is 0. The maximum absolute atomic E-state index is 14.0. The zero-order valence-electron chi connectivity index (χ0n) is 22.5. The topological polar surface area (TPSA) is 89.0 Å². The van der Waals surface area contributed by atoms with Crippen LogP contribution in [0, 0.1) is 5.82 Å². The van der Waals surface area contributed by atoms with Crippen LogP contribution in [-0.2, 0) is 9.59 Å². The minimum Gasteiger partial charge on any atom is -0.507 e. The average molecular weight is 581 g/mol. The number of aliphatic hydroxyl groups is 1. The number of halogens is 1. The average Bonchev–Trinajstić information content (AvgIpc) is 3.53. The fraction of sp³-hybridized carbons (Fsp3) is 0.121. The Labute approximate surface area is 245 Å². The SMILES string of the molecule is CCCOc1cccc(C(O)=C2C(=O)C(=O)N(c3nc4ccc(F)cc4s3)C2c2cccc(Oc3ccccc3)c2)c1. The first-order chi connectivity index (χ1) is 20.4. The van der Waals surface area contributed by atoms with Crippen LogP contribution in [0.25, 0.3) is 16.0 Å². The van der Waals surface area contributed by atoms with Gasteiger partial charge in [-0.25, -0.2) is 9.37 Å². The summed E-state index contributed by atoms with van der Waals surface area (Å²) in [6.07, 6.45) is 0.800. The van der Waals surface area contributed by atoms with Crippen LogP contribution in [0.3, 0.4) is 0 Å². The molecule has 0 radical (unpaired) electrons. The number of Topliss-reactive ketones (excluding diaryl/α,β-unsaturated/α-hetero) is 1. The molecule has 1 aromatic heterocycles. The minimum atomic E-state index is -1.03. The highest BCUT2D eigenvalue weighted by Gasteiger charge is 2.48. The van der Waals surface area contributed by atoms with Crippen molar-refractivity contribution in [3.05, 3.63) is 120 Å². The number of benzene rings is 4. The maximum atomic E-state index is 14.0. The van der Waals surface area contributed by atoms with Crippen molar-refractivity contribution in [2.45, 2.75) is 19.4 Å². The molecule has 1 aliphatic rings. The van der Waals surface area contributed by atoms with Crippen molar-refractivity contribution in [2.24, 2.45) is 0 Å². The van der Waals surface area contributed by atoms with E-state index in [-0.39, 0.29) is 16.5 Å². The Kier molecular flexibility index (Phi) is 7.41. The second-order valence-electron chi connectivity index (χ2n) is 9.64. The second-order valence-corrected chi connectivity index (χ2v) is 10.7. The van der Waals surface area contributed by atoms with Gasteiger partial charge < -0.3 is 14.6 Å². The van der Waals surface area contributed by atoms with Crippen LogP contribution in [-0.4, -0.2) is 28.4 Å². The lowest BCUT2D eigenvalue weighted by Gasteiger charge is -2.23. The van der Waals surface area contributed by atoms with E-state index < -0.39 is 23.5 Å². The number of aromatic nitrogens is 1. The normalized spacial score (nSPS) is 16.2. The van der Waals surface area contributed by atoms with E-state index in [1.54, 1.807) is 48.5 Å². The monoisotopic (exact) mass is 580 g/mol. The molecule has 1 saturated heterocycles. The summed E-state index contributed by atoms with van der Waals surface area (Å²) in [4.78, 5) is 33.1. The molecule has 210 valence electrons. The van der Waals surface area contributed by atoms with E-state index in [0.717, 1.165) is 17.8 Å². The van der Waals surface area contributed by atoms with Gasteiger partial charge in [0.1, 0.15) is 28.8 Å². The second kappa shape index (κ2) is 11.5. The Bertz CT molecular complexity index is 1840. The van der Waals surface area contributed by atoms with Crippen LogP contribution in [0.2, 0.25) is 0 Å². The highest BCUT2D eigenvalue weighted by molar-refractivity contribution is 7.22. The Hall–Kier alpha value is -5.02. The number of carbonyl (C=O) groups is 2. The van der Waals surface area contributed by atoms with Crippen LogP contribution in [0.4, 0.5) is 9.52 Å². The van der Waals surface area contributed by atoms with Gasteiger partial charge in [-0.1, -0.05) is 60.7 Å². The van der Waals surface area contributed by atoms with Gasteiger partial charge in [-0.15, -0.1) is 0 Å². The zero-order valence-corrected chi connectivity index (χ0v) is 23.3. The van der Waals surface area contributed by atoms with E-state index in [0.29, 0.717) is 45.2 Å². The van der Waals surface area contributed by atoms with Crippen LogP contribution in [0.5, 0.6) is 17.2 Å². The molecule has 1 amide bonds. The first kappa shape index (κ1) is 27.2. The van der Waals surface area contributed by atoms with Crippen molar-refractivity contribution < 1.29 is 28.6 Å². The summed E-state index contributed by atoms with van der Waals surface area (Å²) >= 11 is 1.09. The predicted molar refractivity (Wildman–Crippen MR) is 160 cm³/mol. The van der Waals surface area contributed by atoms with Gasteiger partial charge in [0.2, 0.25) is 0 Å². The zero-order chi connectivity index (χ0) is 29.2. The van der Waals surface area contributed by atoms with Gasteiger partial charge in [0.25, 0.3) is 5.78 Å². The number of nitrogens with zero attached hydrogens (tertiary/aromatic N) is 2. The number of thiazole rings is 1. The number of ketones is 1. The van der Waals surface area contributed by atoms with Crippen molar-refractivity contribution in [3.63, 3.8) is 0 Å².